The third-order valence-electron chi connectivity index (χ3n) is 6.22. The first-order chi connectivity index (χ1) is 16.0. The number of rotatable bonds is 4. The van der Waals surface area contributed by atoms with Crippen molar-refractivity contribution >= 4 is 5.43 Å². The molecule has 0 aliphatic heterocycles. The van der Waals surface area contributed by atoms with E-state index in [1.807, 2.05) is 35.5 Å². The molecule has 2 aliphatic carbocycles. The Labute approximate surface area is 250 Å². The molecule has 196 valence electrons. The molecule has 2 aliphatic rings. The van der Waals surface area contributed by atoms with Crippen LogP contribution in [-0.4, -0.2) is 5.43 Å². The normalized spacial score (nSPS) is 12.7. The summed E-state index contributed by atoms with van der Waals surface area (Å²) in [5, 5.41) is 0. The minimum absolute atomic E-state index is 0. The van der Waals surface area contributed by atoms with Gasteiger partial charge >= 0.3 is 67.5 Å². The number of hydrogen-bond acceptors (Lipinski definition) is 0. The molecule has 4 heteroatoms. The zero-order valence-corrected chi connectivity index (χ0v) is 28.6. The smallest absolute Gasteiger partial charge is 0.109 e. The van der Waals surface area contributed by atoms with Crippen molar-refractivity contribution in [3.63, 3.8) is 0 Å². The number of allylic oxidation sites excluding steroid dienone is 4. The Morgan fingerprint density at radius 3 is 1.89 bits per heavy atom. The maximum absolute atomic E-state index is 3.53. The van der Waals surface area contributed by atoms with E-state index in [-0.39, 0.29) is 41.1 Å². The second-order valence-corrected chi connectivity index (χ2v) is 18.9. The van der Waals surface area contributed by atoms with E-state index < -0.39 is 0 Å². The molecule has 0 bridgehead atoms. The van der Waals surface area contributed by atoms with Gasteiger partial charge in [0.05, 0.1) is 0 Å². The summed E-state index contributed by atoms with van der Waals surface area (Å²) in [5.74, 6) is 0. The van der Waals surface area contributed by atoms with Crippen LogP contribution in [0.5, 0.6) is 0 Å². The first-order valence-corrected chi connectivity index (χ1v) is 18.5. The molecule has 0 saturated carbocycles. The van der Waals surface area contributed by atoms with Gasteiger partial charge in [0.2, 0.25) is 0 Å². The zero-order chi connectivity index (χ0) is 25.4. The molecular weight excluding hydrogens is 575 g/mol. The Bertz CT molecular complexity index is 944. The molecule has 0 saturated heterocycles. The van der Waals surface area contributed by atoms with Crippen LogP contribution in [0.4, 0.5) is 0 Å². The van der Waals surface area contributed by atoms with Gasteiger partial charge < -0.3 is 24.8 Å². The molecule has 4 rings (SSSR count). The van der Waals surface area contributed by atoms with Crippen LogP contribution in [0.25, 0.3) is 11.1 Å². The van der Waals surface area contributed by atoms with Crippen molar-refractivity contribution in [2.75, 3.05) is 0 Å². The third kappa shape index (κ3) is 11.1. The van der Waals surface area contributed by atoms with Crippen molar-refractivity contribution in [3.05, 3.63) is 83.0 Å². The molecule has 0 aromatic heterocycles. The Hall–Kier alpha value is -0.400. The molecule has 0 spiro atoms. The monoisotopic (exact) mass is 616 g/mol. The van der Waals surface area contributed by atoms with Crippen molar-refractivity contribution in [3.8, 4) is 11.1 Å². The zero-order valence-electron chi connectivity index (χ0n) is 23.6. The van der Waals surface area contributed by atoms with Crippen LogP contribution in [-0.2, 0) is 40.6 Å². The summed E-state index contributed by atoms with van der Waals surface area (Å²) in [7, 11) is 0. The average Bonchev–Trinajstić information content (AvgIpc) is 3.44. The quantitative estimate of drug-likeness (QED) is 0.311. The van der Waals surface area contributed by atoms with Crippen LogP contribution in [0, 0.1) is 12.1 Å². The summed E-state index contributed by atoms with van der Waals surface area (Å²) < 4.78 is 0. The Morgan fingerprint density at radius 2 is 1.44 bits per heavy atom. The predicted molar refractivity (Wildman–Crippen MR) is 148 cm³/mol. The van der Waals surface area contributed by atoms with Crippen molar-refractivity contribution in [2.45, 2.75) is 104 Å². The van der Waals surface area contributed by atoms with E-state index in [1.54, 1.807) is 12.1 Å². The van der Waals surface area contributed by atoms with Gasteiger partial charge in [0.25, 0.3) is 0 Å². The van der Waals surface area contributed by atoms with Gasteiger partial charge in [-0.1, -0.05) is 76.3 Å². The van der Waals surface area contributed by atoms with Gasteiger partial charge in [0.15, 0.2) is 0 Å². The van der Waals surface area contributed by atoms with E-state index in [0.717, 1.165) is 12.8 Å². The molecule has 2 aromatic rings. The van der Waals surface area contributed by atoms with Gasteiger partial charge in [-0.05, 0) is 17.4 Å². The molecule has 0 heterocycles. The topological polar surface area (TPSA) is 0 Å². The molecule has 0 atom stereocenters. The minimum atomic E-state index is 0. The molecule has 0 unspecified atom stereocenters. The molecule has 0 nitrogen and oxygen atoms in total. The number of fused-ring (bicyclic) bond motifs is 3. The maximum atomic E-state index is 3.53. The van der Waals surface area contributed by atoms with Crippen LogP contribution in [0.1, 0.15) is 96.9 Å². The molecule has 0 fully saturated rings. The first kappa shape index (κ1) is 35.6. The van der Waals surface area contributed by atoms with Crippen molar-refractivity contribution in [1.82, 2.24) is 0 Å². The summed E-state index contributed by atoms with van der Waals surface area (Å²) in [5.41, 5.74) is 8.96. The fraction of sp³-hybridized carbons (Fsp3) is 0.500. The molecular formula is C32H44Cl2SiZr-2. The maximum Gasteiger partial charge on any atom is -0.109 e. The van der Waals surface area contributed by atoms with E-state index in [9.17, 15) is 0 Å². The van der Waals surface area contributed by atoms with Gasteiger partial charge in [-0.2, -0.15) is 35.4 Å². The average molecular weight is 619 g/mol. The van der Waals surface area contributed by atoms with Gasteiger partial charge in [0.1, 0.15) is 0 Å². The minimum Gasteiger partial charge on any atom is -1.00 e. The van der Waals surface area contributed by atoms with Crippen LogP contribution >= 0.6 is 0 Å². The fourth-order valence-corrected chi connectivity index (χ4v) is 9.20. The van der Waals surface area contributed by atoms with Gasteiger partial charge in [0, 0.05) is 0 Å². The van der Waals surface area contributed by atoms with Gasteiger partial charge in [-0.25, -0.2) is 12.2 Å². The van der Waals surface area contributed by atoms with Crippen molar-refractivity contribution < 1.29 is 48.1 Å². The Kier molecular flexibility index (Phi) is 16.4. The first-order valence-electron chi connectivity index (χ1n) is 12.9. The second kappa shape index (κ2) is 16.5. The van der Waals surface area contributed by atoms with Crippen LogP contribution in [0.15, 0.2) is 48.6 Å². The molecule has 36 heavy (non-hydrogen) atoms. The van der Waals surface area contributed by atoms with Crippen LogP contribution in [0.3, 0.4) is 0 Å². The van der Waals surface area contributed by atoms with E-state index in [0.29, 0.717) is 0 Å². The van der Waals surface area contributed by atoms with E-state index in [4.69, 9.17) is 0 Å². The molecule has 2 aromatic carbocycles. The summed E-state index contributed by atoms with van der Waals surface area (Å²) in [6.07, 6.45) is 13.9. The van der Waals surface area contributed by atoms with Crippen LogP contribution < -0.4 is 24.8 Å². The number of benzene rings is 2. The number of halogens is 2. The fourth-order valence-electron chi connectivity index (χ4n) is 4.05. The van der Waals surface area contributed by atoms with Crippen molar-refractivity contribution in [2.24, 2.45) is 0 Å². The van der Waals surface area contributed by atoms with E-state index in [2.05, 4.69) is 104 Å². The van der Waals surface area contributed by atoms with E-state index in [1.165, 1.54) is 46.2 Å². The Morgan fingerprint density at radius 1 is 0.861 bits per heavy atom. The van der Waals surface area contributed by atoms with Gasteiger partial charge in [-0.3, -0.25) is 6.08 Å². The van der Waals surface area contributed by atoms with Crippen LogP contribution in [0.2, 0.25) is 12.1 Å². The number of hydrogen-bond donors (Lipinski definition) is 0. The summed E-state index contributed by atoms with van der Waals surface area (Å²) in [6.45, 7) is 18.2. The summed E-state index contributed by atoms with van der Waals surface area (Å²) in [4.78, 5) is 0. The van der Waals surface area contributed by atoms with E-state index >= 15 is 0 Å². The SMILES string of the molecule is CC(C)(C)c1c[c-]c2c(c1)-c1cc(C(C)(C)C)ccc1C2.CCC[Si](=[Zr+2])CCC.[C-]1=CC=CC1.[Cl-].[Cl-]. The largest absolute Gasteiger partial charge is 1.00 e. The second-order valence-electron chi connectivity index (χ2n) is 11.4. The molecule has 0 amide bonds. The predicted octanol–water partition coefficient (Wildman–Crippen LogP) is 3.31. The molecule has 0 N–H and O–H groups in total. The summed E-state index contributed by atoms with van der Waals surface area (Å²) >= 11 is 1.84. The van der Waals surface area contributed by atoms with Gasteiger partial charge in [-0.15, -0.1) is 12.0 Å². The summed E-state index contributed by atoms with van der Waals surface area (Å²) in [6, 6.07) is 18.2. The molecule has 0 radical (unpaired) electrons. The van der Waals surface area contributed by atoms with Crippen molar-refractivity contribution in [1.29, 1.82) is 0 Å². The standard InChI is InChI=1S/C21H25.C6H14Si.C5H5.2ClH.Zr/c1-20(2,3)16-9-7-14-11-15-8-10-17(21(4,5)6)13-19(15)18(14)12-16;1-3-5-7-6-4-2;1-2-4-5-3-1;;;/h7,9-10,12-13H,11H2,1-6H3;3-6H2,1-2H3;1-3H,4H2;2*1H;/q-1;;-1;;;+2/p-2. The third-order valence-corrected chi connectivity index (χ3v) is 12.1. The Balaban J connectivity index is 0.000000681.